The minimum absolute atomic E-state index is 0.0313. The number of hydrogen-bond acceptors (Lipinski definition) is 4. The van der Waals surface area contributed by atoms with Gasteiger partial charge in [0.15, 0.2) is 0 Å². The van der Waals surface area contributed by atoms with Crippen LogP contribution in [0.4, 0.5) is 11.5 Å². The van der Waals surface area contributed by atoms with Gasteiger partial charge in [-0.25, -0.2) is 13.4 Å². The summed E-state index contributed by atoms with van der Waals surface area (Å²) in [5.74, 6) is 0.662. The van der Waals surface area contributed by atoms with E-state index in [0.29, 0.717) is 16.5 Å². The van der Waals surface area contributed by atoms with E-state index in [0.717, 1.165) is 0 Å². The molecule has 0 bridgehead atoms. The van der Waals surface area contributed by atoms with E-state index in [-0.39, 0.29) is 15.5 Å². The molecule has 0 aliphatic rings. The van der Waals surface area contributed by atoms with Crippen LogP contribution in [0.3, 0.4) is 0 Å². The van der Waals surface area contributed by atoms with Gasteiger partial charge < -0.3 is 5.32 Å². The highest BCUT2D eigenvalue weighted by atomic mass is 35.5. The summed E-state index contributed by atoms with van der Waals surface area (Å²) >= 11 is 11.7. The van der Waals surface area contributed by atoms with E-state index in [9.17, 15) is 8.42 Å². The van der Waals surface area contributed by atoms with E-state index in [2.05, 4.69) is 15.0 Å². The van der Waals surface area contributed by atoms with Gasteiger partial charge in [0.2, 0.25) is 0 Å². The molecular weight excluding hydrogens is 357 g/mol. The molecule has 8 heteroatoms. The van der Waals surface area contributed by atoms with Gasteiger partial charge in [-0.05, 0) is 51.1 Å². The number of sulfonamides is 1. The van der Waals surface area contributed by atoms with Gasteiger partial charge in [0.1, 0.15) is 5.82 Å². The van der Waals surface area contributed by atoms with Gasteiger partial charge in [0.25, 0.3) is 10.0 Å². The Morgan fingerprint density at radius 2 is 1.74 bits per heavy atom. The van der Waals surface area contributed by atoms with E-state index in [1.807, 2.05) is 20.8 Å². The summed E-state index contributed by atoms with van der Waals surface area (Å²) in [5.41, 5.74) is 0.226. The highest BCUT2D eigenvalue weighted by molar-refractivity contribution is 7.92. The molecule has 23 heavy (non-hydrogen) atoms. The molecule has 0 unspecified atom stereocenters. The number of aromatic nitrogens is 1. The summed E-state index contributed by atoms with van der Waals surface area (Å²) < 4.78 is 27.1. The van der Waals surface area contributed by atoms with E-state index in [1.54, 1.807) is 12.1 Å². The second-order valence-corrected chi connectivity index (χ2v) is 8.49. The third kappa shape index (κ3) is 4.99. The monoisotopic (exact) mass is 373 g/mol. The second-order valence-electron chi connectivity index (χ2n) is 5.99. The fraction of sp³-hybridized carbons (Fsp3) is 0.267. The van der Waals surface area contributed by atoms with Crippen molar-refractivity contribution in [2.24, 2.45) is 0 Å². The van der Waals surface area contributed by atoms with Crippen molar-refractivity contribution >= 4 is 44.7 Å². The molecule has 0 atom stereocenters. The van der Waals surface area contributed by atoms with Crippen molar-refractivity contribution in [2.45, 2.75) is 31.2 Å². The summed E-state index contributed by atoms with van der Waals surface area (Å²) in [7, 11) is -3.75. The molecule has 0 saturated carbocycles. The van der Waals surface area contributed by atoms with Crippen LogP contribution in [0.2, 0.25) is 10.0 Å². The number of nitrogens with one attached hydrogen (secondary N) is 2. The number of pyridine rings is 1. The number of anilines is 2. The largest absolute Gasteiger partial charge is 0.365 e. The molecule has 0 aliphatic heterocycles. The lowest BCUT2D eigenvalue weighted by Crippen LogP contribution is -2.26. The van der Waals surface area contributed by atoms with Gasteiger partial charge in [-0.1, -0.05) is 23.2 Å². The van der Waals surface area contributed by atoms with Crippen LogP contribution in [0.25, 0.3) is 0 Å². The van der Waals surface area contributed by atoms with E-state index in [1.165, 1.54) is 24.4 Å². The van der Waals surface area contributed by atoms with Crippen molar-refractivity contribution in [3.63, 3.8) is 0 Å². The molecule has 0 saturated heterocycles. The first kappa shape index (κ1) is 17.8. The van der Waals surface area contributed by atoms with Crippen molar-refractivity contribution < 1.29 is 8.42 Å². The van der Waals surface area contributed by atoms with Crippen molar-refractivity contribution in [2.75, 3.05) is 10.0 Å². The lowest BCUT2D eigenvalue weighted by atomic mass is 10.1. The van der Waals surface area contributed by atoms with Gasteiger partial charge >= 0.3 is 0 Å². The van der Waals surface area contributed by atoms with Crippen LogP contribution in [-0.2, 0) is 10.0 Å². The molecular formula is C15H17Cl2N3O2S. The Labute approximate surface area is 146 Å². The Balaban J connectivity index is 2.19. The molecule has 1 heterocycles. The maximum absolute atomic E-state index is 12.3. The molecule has 0 amide bonds. The minimum atomic E-state index is -3.75. The van der Waals surface area contributed by atoms with Crippen LogP contribution in [-0.4, -0.2) is 18.9 Å². The summed E-state index contributed by atoms with van der Waals surface area (Å²) in [6.07, 6.45) is 1.45. The molecule has 0 radical (unpaired) electrons. The van der Waals surface area contributed by atoms with Crippen molar-refractivity contribution in [1.82, 2.24) is 4.98 Å². The van der Waals surface area contributed by atoms with E-state index >= 15 is 0 Å². The number of nitrogens with zero attached hydrogens (tertiary/aromatic N) is 1. The summed E-state index contributed by atoms with van der Waals surface area (Å²) in [5, 5.41) is 3.67. The number of hydrogen-bond donors (Lipinski definition) is 2. The summed E-state index contributed by atoms with van der Waals surface area (Å²) in [6.45, 7) is 6.03. The molecule has 124 valence electrons. The second kappa shape index (κ2) is 6.55. The SMILES string of the molecule is CC(C)(C)Nc1ccc(NS(=O)(=O)c2ccc(Cl)c(Cl)c2)cn1. The van der Waals surface area contributed by atoms with Gasteiger partial charge in [0, 0.05) is 5.54 Å². The van der Waals surface area contributed by atoms with E-state index < -0.39 is 10.0 Å². The Kier molecular flexibility index (Phi) is 5.08. The normalized spacial score (nSPS) is 12.0. The van der Waals surface area contributed by atoms with Crippen LogP contribution in [0.1, 0.15) is 20.8 Å². The number of halogens is 2. The van der Waals surface area contributed by atoms with Crippen LogP contribution >= 0.6 is 23.2 Å². The molecule has 0 aliphatic carbocycles. The summed E-state index contributed by atoms with van der Waals surface area (Å²) in [4.78, 5) is 4.22. The maximum Gasteiger partial charge on any atom is 0.261 e. The molecule has 2 N–H and O–H groups in total. The van der Waals surface area contributed by atoms with Crippen molar-refractivity contribution in [1.29, 1.82) is 0 Å². The number of rotatable bonds is 4. The standard InChI is InChI=1S/C15H17Cl2N3O2S/c1-15(2,3)19-14-7-4-10(9-18-14)20-23(21,22)11-5-6-12(16)13(17)8-11/h4-9,20H,1-3H3,(H,18,19). The molecule has 0 fully saturated rings. The van der Waals surface area contributed by atoms with Crippen LogP contribution < -0.4 is 10.0 Å². The Hall–Kier alpha value is -1.50. The molecule has 2 rings (SSSR count). The fourth-order valence-electron chi connectivity index (χ4n) is 1.77. The van der Waals surface area contributed by atoms with E-state index in [4.69, 9.17) is 23.2 Å². The molecule has 2 aromatic rings. The fourth-order valence-corrected chi connectivity index (χ4v) is 3.20. The lowest BCUT2D eigenvalue weighted by Gasteiger charge is -2.21. The first-order valence-corrected chi connectivity index (χ1v) is 9.03. The molecule has 1 aromatic carbocycles. The third-order valence-corrected chi connectivity index (χ3v) is 4.84. The van der Waals surface area contributed by atoms with Gasteiger partial charge in [0.05, 0.1) is 26.8 Å². The molecule has 1 aromatic heterocycles. The Morgan fingerprint density at radius 1 is 1.04 bits per heavy atom. The zero-order chi connectivity index (χ0) is 17.3. The highest BCUT2D eigenvalue weighted by Gasteiger charge is 2.16. The molecule has 5 nitrogen and oxygen atoms in total. The topological polar surface area (TPSA) is 71.1 Å². The van der Waals surface area contributed by atoms with Crippen LogP contribution in [0.5, 0.6) is 0 Å². The van der Waals surface area contributed by atoms with Crippen molar-refractivity contribution in [3.8, 4) is 0 Å². The molecule has 0 spiro atoms. The zero-order valence-electron chi connectivity index (χ0n) is 12.9. The van der Waals surface area contributed by atoms with Crippen LogP contribution in [0, 0.1) is 0 Å². The van der Waals surface area contributed by atoms with Gasteiger partial charge in [-0.2, -0.15) is 0 Å². The first-order valence-electron chi connectivity index (χ1n) is 6.79. The maximum atomic E-state index is 12.3. The predicted octanol–water partition coefficient (Wildman–Crippen LogP) is 4.40. The quantitative estimate of drug-likeness (QED) is 0.832. The average molecular weight is 374 g/mol. The smallest absolute Gasteiger partial charge is 0.261 e. The highest BCUT2D eigenvalue weighted by Crippen LogP contribution is 2.26. The van der Waals surface area contributed by atoms with Crippen molar-refractivity contribution in [3.05, 3.63) is 46.6 Å². The summed E-state index contributed by atoms with van der Waals surface area (Å²) in [6, 6.07) is 7.47. The average Bonchev–Trinajstić information content (AvgIpc) is 2.42. The number of benzene rings is 1. The zero-order valence-corrected chi connectivity index (χ0v) is 15.2. The van der Waals surface area contributed by atoms with Gasteiger partial charge in [-0.3, -0.25) is 4.72 Å². The predicted molar refractivity (Wildman–Crippen MR) is 94.9 cm³/mol. The third-order valence-electron chi connectivity index (χ3n) is 2.72. The minimum Gasteiger partial charge on any atom is -0.365 e. The Bertz CT molecular complexity index is 800. The first-order chi connectivity index (χ1) is 10.6. The lowest BCUT2D eigenvalue weighted by molar-refractivity contribution is 0.601. The van der Waals surface area contributed by atoms with Gasteiger partial charge in [-0.15, -0.1) is 0 Å². The Morgan fingerprint density at radius 3 is 2.26 bits per heavy atom. The van der Waals surface area contributed by atoms with Crippen LogP contribution in [0.15, 0.2) is 41.4 Å².